The molecule has 1 N–H and O–H groups in total. The first-order valence-corrected chi connectivity index (χ1v) is 6.89. The second-order valence-electron chi connectivity index (χ2n) is 4.81. The topological polar surface area (TPSA) is 29.5 Å². The molecule has 0 fully saturated rings. The molecule has 2 nitrogen and oxygen atoms in total. The van der Waals surface area contributed by atoms with Gasteiger partial charge in [0.15, 0.2) is 0 Å². The van der Waals surface area contributed by atoms with Gasteiger partial charge < -0.3 is 9.84 Å². The van der Waals surface area contributed by atoms with Crippen LogP contribution in [0.15, 0.2) is 48.5 Å². The summed E-state index contributed by atoms with van der Waals surface area (Å²) in [4.78, 5) is 0. The van der Waals surface area contributed by atoms with Gasteiger partial charge in [-0.2, -0.15) is 8.78 Å². The van der Waals surface area contributed by atoms with Crippen molar-refractivity contribution in [2.45, 2.75) is 32.5 Å². The van der Waals surface area contributed by atoms with Gasteiger partial charge in [-0.25, -0.2) is 0 Å². The first-order chi connectivity index (χ1) is 10.1. The number of aliphatic hydroxyl groups is 1. The van der Waals surface area contributed by atoms with Crippen molar-refractivity contribution in [3.8, 4) is 5.75 Å². The molecule has 1 atom stereocenters. The van der Waals surface area contributed by atoms with Crippen LogP contribution in [0.5, 0.6) is 5.75 Å². The molecule has 0 spiro atoms. The second-order valence-corrected chi connectivity index (χ2v) is 4.81. The standard InChI is InChI=1S/C17H18F2O2/c1-2-12-7-9-13(10-8-12)11-15(20)14-5-3-4-6-16(14)21-17(18)19/h3-10,15,17,20H,2,11H2,1H3. The molecule has 1 unspecified atom stereocenters. The molecule has 0 bridgehead atoms. The van der Waals surface area contributed by atoms with E-state index in [2.05, 4.69) is 11.7 Å². The Balaban J connectivity index is 2.13. The Bertz CT molecular complexity index is 567. The number of aryl methyl sites for hydroxylation is 1. The summed E-state index contributed by atoms with van der Waals surface area (Å²) in [6.07, 6.45) is 0.425. The summed E-state index contributed by atoms with van der Waals surface area (Å²) >= 11 is 0. The van der Waals surface area contributed by atoms with E-state index in [0.717, 1.165) is 12.0 Å². The highest BCUT2D eigenvalue weighted by molar-refractivity contribution is 5.36. The SMILES string of the molecule is CCc1ccc(CC(O)c2ccccc2OC(F)F)cc1. The van der Waals surface area contributed by atoms with Crippen LogP contribution in [-0.2, 0) is 12.8 Å². The molecule has 2 rings (SSSR count). The summed E-state index contributed by atoms with van der Waals surface area (Å²) < 4.78 is 29.2. The zero-order valence-electron chi connectivity index (χ0n) is 11.8. The van der Waals surface area contributed by atoms with Crippen LogP contribution in [0, 0.1) is 0 Å². The lowest BCUT2D eigenvalue weighted by Crippen LogP contribution is -2.08. The second kappa shape index (κ2) is 7.18. The van der Waals surface area contributed by atoms with Crippen LogP contribution < -0.4 is 4.74 Å². The summed E-state index contributed by atoms with van der Waals surface area (Å²) in [5, 5.41) is 10.3. The predicted octanol–water partition coefficient (Wildman–Crippen LogP) is 4.13. The molecule has 2 aromatic rings. The lowest BCUT2D eigenvalue weighted by molar-refractivity contribution is -0.0515. The van der Waals surface area contributed by atoms with Gasteiger partial charge in [0, 0.05) is 12.0 Å². The average Bonchev–Trinajstić information content (AvgIpc) is 2.48. The van der Waals surface area contributed by atoms with Gasteiger partial charge >= 0.3 is 6.61 Å². The van der Waals surface area contributed by atoms with Crippen LogP contribution in [0.1, 0.15) is 29.7 Å². The van der Waals surface area contributed by atoms with Gasteiger partial charge in [0.05, 0.1) is 6.10 Å². The molecule has 0 radical (unpaired) electrons. The van der Waals surface area contributed by atoms with Crippen LogP contribution in [0.4, 0.5) is 8.78 Å². The number of alkyl halides is 2. The fourth-order valence-corrected chi connectivity index (χ4v) is 2.20. The fraction of sp³-hybridized carbons (Fsp3) is 0.294. The summed E-state index contributed by atoms with van der Waals surface area (Å²) in [6, 6.07) is 14.2. The maximum atomic E-state index is 12.4. The molecule has 0 saturated carbocycles. The van der Waals surface area contributed by atoms with Crippen molar-refractivity contribution < 1.29 is 18.6 Å². The number of hydrogen-bond acceptors (Lipinski definition) is 2. The van der Waals surface area contributed by atoms with Gasteiger partial charge in [-0.05, 0) is 23.6 Å². The molecule has 21 heavy (non-hydrogen) atoms. The van der Waals surface area contributed by atoms with Crippen molar-refractivity contribution in [2.24, 2.45) is 0 Å². The monoisotopic (exact) mass is 292 g/mol. The molecule has 0 aliphatic heterocycles. The molecule has 2 aromatic carbocycles. The number of hydrogen-bond donors (Lipinski definition) is 1. The number of para-hydroxylation sites is 1. The third-order valence-corrected chi connectivity index (χ3v) is 3.35. The van der Waals surface area contributed by atoms with E-state index in [1.807, 2.05) is 24.3 Å². The van der Waals surface area contributed by atoms with Gasteiger partial charge in [-0.1, -0.05) is 49.4 Å². The Labute approximate surface area is 123 Å². The van der Waals surface area contributed by atoms with Gasteiger partial charge in [-0.15, -0.1) is 0 Å². The summed E-state index contributed by atoms with van der Waals surface area (Å²) in [7, 11) is 0. The van der Waals surface area contributed by atoms with E-state index in [4.69, 9.17) is 0 Å². The minimum absolute atomic E-state index is 0.0187. The normalized spacial score (nSPS) is 12.4. The van der Waals surface area contributed by atoms with Crippen LogP contribution in [-0.4, -0.2) is 11.7 Å². The van der Waals surface area contributed by atoms with E-state index in [1.165, 1.54) is 11.6 Å². The quantitative estimate of drug-likeness (QED) is 0.867. The van der Waals surface area contributed by atoms with Gasteiger partial charge in [0.2, 0.25) is 0 Å². The van der Waals surface area contributed by atoms with Crippen molar-refractivity contribution in [1.82, 2.24) is 0 Å². The van der Waals surface area contributed by atoms with E-state index >= 15 is 0 Å². The van der Waals surface area contributed by atoms with Gasteiger partial charge in [0.1, 0.15) is 5.75 Å². The maximum absolute atomic E-state index is 12.4. The molecule has 0 saturated heterocycles. The van der Waals surface area contributed by atoms with Crippen molar-refractivity contribution in [3.63, 3.8) is 0 Å². The van der Waals surface area contributed by atoms with Crippen LogP contribution in [0.2, 0.25) is 0 Å². The third-order valence-electron chi connectivity index (χ3n) is 3.35. The molecule has 0 amide bonds. The zero-order chi connectivity index (χ0) is 15.2. The van der Waals surface area contributed by atoms with E-state index in [0.29, 0.717) is 12.0 Å². The predicted molar refractivity (Wildman–Crippen MR) is 77.6 cm³/mol. The molecule has 0 aliphatic carbocycles. The number of benzene rings is 2. The van der Waals surface area contributed by atoms with Crippen molar-refractivity contribution >= 4 is 0 Å². The summed E-state index contributed by atoms with van der Waals surface area (Å²) in [5.74, 6) is 0.0187. The number of aliphatic hydroxyl groups excluding tert-OH is 1. The molecule has 4 heteroatoms. The van der Waals surface area contributed by atoms with Crippen LogP contribution in [0.25, 0.3) is 0 Å². The minimum Gasteiger partial charge on any atom is -0.434 e. The number of halogens is 2. The molecule has 0 aromatic heterocycles. The smallest absolute Gasteiger partial charge is 0.387 e. The first-order valence-electron chi connectivity index (χ1n) is 6.89. The van der Waals surface area contributed by atoms with Gasteiger partial charge in [0.25, 0.3) is 0 Å². The minimum atomic E-state index is -2.90. The van der Waals surface area contributed by atoms with E-state index in [9.17, 15) is 13.9 Å². The Morgan fingerprint density at radius 2 is 1.62 bits per heavy atom. The third kappa shape index (κ3) is 4.26. The van der Waals surface area contributed by atoms with E-state index in [1.54, 1.807) is 18.2 Å². The highest BCUT2D eigenvalue weighted by Gasteiger charge is 2.16. The van der Waals surface area contributed by atoms with Crippen LogP contribution in [0.3, 0.4) is 0 Å². The van der Waals surface area contributed by atoms with Crippen molar-refractivity contribution in [3.05, 3.63) is 65.2 Å². The van der Waals surface area contributed by atoms with Gasteiger partial charge in [-0.3, -0.25) is 0 Å². The Hall–Kier alpha value is -1.94. The van der Waals surface area contributed by atoms with E-state index < -0.39 is 12.7 Å². The average molecular weight is 292 g/mol. The molecule has 0 heterocycles. The maximum Gasteiger partial charge on any atom is 0.387 e. The van der Waals surface area contributed by atoms with Crippen molar-refractivity contribution in [1.29, 1.82) is 0 Å². The lowest BCUT2D eigenvalue weighted by atomic mass is 9.99. The van der Waals surface area contributed by atoms with Crippen molar-refractivity contribution in [2.75, 3.05) is 0 Å². The highest BCUT2D eigenvalue weighted by atomic mass is 19.3. The zero-order valence-corrected chi connectivity index (χ0v) is 11.8. The largest absolute Gasteiger partial charge is 0.434 e. The molecular weight excluding hydrogens is 274 g/mol. The Morgan fingerprint density at radius 3 is 2.24 bits per heavy atom. The molecular formula is C17H18F2O2. The van der Waals surface area contributed by atoms with Crippen LogP contribution >= 0.6 is 0 Å². The fourth-order valence-electron chi connectivity index (χ4n) is 2.20. The lowest BCUT2D eigenvalue weighted by Gasteiger charge is -2.16. The highest BCUT2D eigenvalue weighted by Crippen LogP contribution is 2.28. The Morgan fingerprint density at radius 1 is 1.00 bits per heavy atom. The number of ether oxygens (including phenoxy) is 1. The summed E-state index contributed by atoms with van der Waals surface area (Å²) in [6.45, 7) is -0.830. The molecule has 0 aliphatic rings. The Kier molecular flexibility index (Phi) is 5.28. The van der Waals surface area contributed by atoms with E-state index in [-0.39, 0.29) is 5.75 Å². The first kappa shape index (κ1) is 15.4. The summed E-state index contributed by atoms with van der Waals surface area (Å²) in [5.41, 5.74) is 2.54. The number of rotatable bonds is 6. The molecule has 112 valence electrons.